The highest BCUT2D eigenvalue weighted by Crippen LogP contribution is 2.40. The summed E-state index contributed by atoms with van der Waals surface area (Å²) in [7, 11) is 5.18. The van der Waals surface area contributed by atoms with E-state index >= 15 is 0 Å². The number of esters is 1. The van der Waals surface area contributed by atoms with Gasteiger partial charge in [-0.1, -0.05) is 27.7 Å². The molecule has 3 heterocycles. The highest BCUT2D eigenvalue weighted by Gasteiger charge is 2.53. The lowest BCUT2D eigenvalue weighted by Gasteiger charge is -2.49. The Morgan fingerprint density at radius 2 is 1.49 bits per heavy atom. The molecule has 18 atom stereocenters. The lowest BCUT2D eigenvalue weighted by molar-refractivity contribution is -0.318. The van der Waals surface area contributed by atoms with E-state index in [1.165, 1.54) is 27.9 Å². The van der Waals surface area contributed by atoms with E-state index in [0.717, 1.165) is 0 Å². The second-order valence-electron chi connectivity index (χ2n) is 16.5. The predicted octanol–water partition coefficient (Wildman–Crippen LogP) is 1.79. The number of ketones is 1. The number of aliphatic hydroxyl groups is 5. The van der Waals surface area contributed by atoms with Crippen LogP contribution in [0.15, 0.2) is 0 Å². The second-order valence-corrected chi connectivity index (χ2v) is 16.5. The summed E-state index contributed by atoms with van der Waals surface area (Å²) < 4.78 is 37.1. The maximum Gasteiger partial charge on any atom is 0.311 e. The topological polar surface area (TPSA) is 194 Å². The molecule has 51 heavy (non-hydrogen) atoms. The van der Waals surface area contributed by atoms with Crippen molar-refractivity contribution in [1.82, 2.24) is 4.90 Å². The molecule has 3 saturated heterocycles. The Bertz CT molecular complexity index is 1170. The van der Waals surface area contributed by atoms with Gasteiger partial charge in [-0.2, -0.15) is 0 Å². The standard InChI is InChI=1S/C37H67NO13/c1-14-25-37(10,45)30(41)20(4)27(39)18(2)16-35(8,44)32(51-34-28(40)24(38(11)12)15-19(3)47-34)21(5)29(22(6)33(43)49-25)50-26-17-36(9,46-13)31(42)23(7)48-26/h18-26,28-32,34,40-42,44-45H,14-17H2,1-13H3/t18-,19+,20+,21+,22-,23+,24-,25?,26+,28+,29?,30+,31-,32+,34-,35+,36-,37+/m1/s1. The summed E-state index contributed by atoms with van der Waals surface area (Å²) in [6.45, 7) is 16.3. The SMILES string of the molecule is CCC1OC(=O)[C@H](C)C(O[C@H]2C[C@@](C)(OC)[C@H](O)[C@H](C)O2)[C@H](C)[C@H](O[C@H]2O[C@@H](C)C[C@@H](N(C)C)[C@@H]2O)[C@@](C)(O)C[C@@H](C)C(=O)[C@H](C)[C@H](O)[C@@]1(C)O. The first kappa shape index (κ1) is 44.1. The van der Waals surface area contributed by atoms with Gasteiger partial charge in [0, 0.05) is 37.3 Å². The van der Waals surface area contributed by atoms with Crippen molar-refractivity contribution in [3.63, 3.8) is 0 Å². The number of hydrogen-bond acceptors (Lipinski definition) is 14. The van der Waals surface area contributed by atoms with E-state index in [4.69, 9.17) is 28.4 Å². The number of cyclic esters (lactones) is 1. The fraction of sp³-hybridized carbons (Fsp3) is 0.946. The molecule has 0 saturated carbocycles. The van der Waals surface area contributed by atoms with Crippen LogP contribution in [-0.2, 0) is 38.0 Å². The highest BCUT2D eigenvalue weighted by atomic mass is 16.7. The molecular weight excluding hydrogens is 666 g/mol. The average Bonchev–Trinajstić information content (AvgIpc) is 3.05. The number of ether oxygens (including phenoxy) is 6. The van der Waals surface area contributed by atoms with Crippen molar-refractivity contribution in [2.45, 2.75) is 179 Å². The van der Waals surface area contributed by atoms with Crippen LogP contribution < -0.4 is 0 Å². The van der Waals surface area contributed by atoms with Crippen molar-refractivity contribution in [3.05, 3.63) is 0 Å². The Balaban J connectivity index is 2.18. The molecule has 2 unspecified atom stereocenters. The first-order chi connectivity index (χ1) is 23.4. The van der Waals surface area contributed by atoms with Gasteiger partial charge in [-0.25, -0.2) is 0 Å². The van der Waals surface area contributed by atoms with Crippen LogP contribution in [0.2, 0.25) is 0 Å². The summed E-state index contributed by atoms with van der Waals surface area (Å²) >= 11 is 0. The van der Waals surface area contributed by atoms with E-state index < -0.39 is 108 Å². The number of rotatable bonds is 7. The molecular formula is C37H67NO13. The van der Waals surface area contributed by atoms with Gasteiger partial charge in [0.15, 0.2) is 12.6 Å². The van der Waals surface area contributed by atoms with Crippen molar-refractivity contribution in [1.29, 1.82) is 0 Å². The number of nitrogens with zero attached hydrogens (tertiary/aromatic N) is 1. The summed E-state index contributed by atoms with van der Waals surface area (Å²) in [6.07, 6.45) is -9.71. The van der Waals surface area contributed by atoms with Gasteiger partial charge >= 0.3 is 5.97 Å². The normalized spacial score (nSPS) is 49.7. The molecule has 14 heteroatoms. The number of aliphatic hydroxyl groups excluding tert-OH is 3. The summed E-state index contributed by atoms with van der Waals surface area (Å²) in [5.74, 6) is -4.98. The molecule has 0 aliphatic carbocycles. The molecule has 0 bridgehead atoms. The first-order valence-corrected chi connectivity index (χ1v) is 18.5. The molecule has 0 spiro atoms. The maximum atomic E-state index is 14.1. The van der Waals surface area contributed by atoms with Gasteiger partial charge in [0.2, 0.25) is 0 Å². The molecule has 14 nitrogen and oxygen atoms in total. The molecule has 0 aromatic rings. The minimum Gasteiger partial charge on any atom is -0.459 e. The molecule has 0 aromatic heterocycles. The zero-order valence-corrected chi connectivity index (χ0v) is 32.9. The molecule has 298 valence electrons. The Morgan fingerprint density at radius 1 is 0.882 bits per heavy atom. The first-order valence-electron chi connectivity index (χ1n) is 18.5. The molecule has 3 aliphatic heterocycles. The van der Waals surface area contributed by atoms with Gasteiger partial charge in [0.1, 0.15) is 29.7 Å². The predicted molar refractivity (Wildman–Crippen MR) is 186 cm³/mol. The highest BCUT2D eigenvalue weighted by molar-refractivity contribution is 5.83. The number of methoxy groups -OCH3 is 1. The van der Waals surface area contributed by atoms with Crippen LogP contribution in [0.1, 0.15) is 94.9 Å². The average molecular weight is 734 g/mol. The fourth-order valence-corrected chi connectivity index (χ4v) is 8.41. The Kier molecular flexibility index (Phi) is 14.7. The smallest absolute Gasteiger partial charge is 0.311 e. The quantitative estimate of drug-likeness (QED) is 0.238. The Hall–Kier alpha value is -1.30. The van der Waals surface area contributed by atoms with E-state index in [1.54, 1.807) is 41.5 Å². The fourth-order valence-electron chi connectivity index (χ4n) is 8.41. The van der Waals surface area contributed by atoms with E-state index in [1.807, 2.05) is 25.9 Å². The van der Waals surface area contributed by atoms with E-state index in [2.05, 4.69) is 0 Å². The Morgan fingerprint density at radius 3 is 2.04 bits per heavy atom. The van der Waals surface area contributed by atoms with Crippen molar-refractivity contribution in [2.24, 2.45) is 23.7 Å². The van der Waals surface area contributed by atoms with E-state index in [-0.39, 0.29) is 31.4 Å². The third kappa shape index (κ3) is 9.51. The van der Waals surface area contributed by atoms with Crippen molar-refractivity contribution in [3.8, 4) is 0 Å². The lowest BCUT2D eigenvalue weighted by atomic mass is 9.74. The largest absolute Gasteiger partial charge is 0.459 e. The molecule has 0 amide bonds. The number of hydrogen-bond donors (Lipinski definition) is 5. The number of Topliss-reactive ketones (excluding diaryl/α,β-unsaturated/α-hetero) is 1. The zero-order valence-electron chi connectivity index (χ0n) is 32.9. The van der Waals surface area contributed by atoms with Crippen LogP contribution >= 0.6 is 0 Å². The summed E-state index contributed by atoms with van der Waals surface area (Å²) in [5.41, 5.74) is -4.84. The summed E-state index contributed by atoms with van der Waals surface area (Å²) in [4.78, 5) is 29.8. The van der Waals surface area contributed by atoms with Crippen LogP contribution in [0.4, 0.5) is 0 Å². The molecule has 0 radical (unpaired) electrons. The molecule has 3 rings (SSSR count). The van der Waals surface area contributed by atoms with Gasteiger partial charge in [-0.15, -0.1) is 0 Å². The minimum absolute atomic E-state index is 0.0936. The van der Waals surface area contributed by atoms with Crippen molar-refractivity contribution in [2.75, 3.05) is 21.2 Å². The molecule has 3 aliphatic rings. The van der Waals surface area contributed by atoms with Gasteiger partial charge in [0.05, 0.1) is 47.6 Å². The van der Waals surface area contributed by atoms with Crippen LogP contribution in [0.3, 0.4) is 0 Å². The Labute approximate surface area is 304 Å². The minimum atomic E-state index is -1.99. The maximum absolute atomic E-state index is 14.1. The zero-order chi connectivity index (χ0) is 39.0. The van der Waals surface area contributed by atoms with Crippen molar-refractivity contribution >= 4 is 11.8 Å². The van der Waals surface area contributed by atoms with Crippen LogP contribution in [-0.4, -0.2) is 148 Å². The van der Waals surface area contributed by atoms with Crippen molar-refractivity contribution < 1.29 is 63.5 Å². The summed E-state index contributed by atoms with van der Waals surface area (Å²) in [5, 5.41) is 57.6. The lowest BCUT2D eigenvalue weighted by Crippen LogP contribution is -2.61. The third-order valence-electron chi connectivity index (χ3n) is 11.8. The van der Waals surface area contributed by atoms with Gasteiger partial charge < -0.3 is 58.9 Å². The molecule has 0 aromatic carbocycles. The van der Waals surface area contributed by atoms with Crippen LogP contribution in [0.5, 0.6) is 0 Å². The monoisotopic (exact) mass is 733 g/mol. The third-order valence-corrected chi connectivity index (χ3v) is 11.8. The summed E-state index contributed by atoms with van der Waals surface area (Å²) in [6, 6.07) is -0.324. The molecule has 5 N–H and O–H groups in total. The van der Waals surface area contributed by atoms with E-state index in [0.29, 0.717) is 6.42 Å². The molecule has 3 fully saturated rings. The van der Waals surface area contributed by atoms with Crippen LogP contribution in [0, 0.1) is 23.7 Å². The van der Waals surface area contributed by atoms with Gasteiger partial charge in [-0.05, 0) is 74.9 Å². The second kappa shape index (κ2) is 17.0. The number of carbonyl (C=O) groups excluding carboxylic acids is 2. The van der Waals surface area contributed by atoms with Gasteiger partial charge in [-0.3, -0.25) is 9.59 Å². The number of likely N-dealkylation sites (N-methyl/N-ethyl adjacent to an activating group) is 1. The van der Waals surface area contributed by atoms with Crippen LogP contribution in [0.25, 0.3) is 0 Å². The van der Waals surface area contributed by atoms with Gasteiger partial charge in [0.25, 0.3) is 0 Å². The number of carbonyl (C=O) groups is 2. The van der Waals surface area contributed by atoms with E-state index in [9.17, 15) is 35.1 Å².